The number of hydrogen-bond donors (Lipinski definition) is 2. The molecule has 0 aliphatic rings. The van der Waals surface area contributed by atoms with Crippen molar-refractivity contribution in [2.45, 2.75) is 20.8 Å². The molecule has 7 heteroatoms. The number of ether oxygens (including phenoxy) is 1. The molecule has 3 rings (SSSR count). The zero-order valence-corrected chi connectivity index (χ0v) is 15.7. The molecule has 2 aromatic heterocycles. The van der Waals surface area contributed by atoms with E-state index in [9.17, 15) is 4.79 Å². The molecule has 1 amide bonds. The van der Waals surface area contributed by atoms with E-state index < -0.39 is 0 Å². The lowest BCUT2D eigenvalue weighted by Crippen LogP contribution is -2.27. The third kappa shape index (κ3) is 4.31. The maximum atomic E-state index is 12.1. The van der Waals surface area contributed by atoms with Crippen molar-refractivity contribution >= 4 is 22.9 Å². The highest BCUT2D eigenvalue weighted by Crippen LogP contribution is 2.26. The fourth-order valence-corrected chi connectivity index (χ4v) is 2.59. The van der Waals surface area contributed by atoms with Gasteiger partial charge in [-0.15, -0.1) is 0 Å². The Balaban J connectivity index is 1.90. The van der Waals surface area contributed by atoms with Crippen LogP contribution < -0.4 is 15.8 Å². The van der Waals surface area contributed by atoms with Crippen molar-refractivity contribution in [1.29, 1.82) is 0 Å². The first kappa shape index (κ1) is 18.6. The van der Waals surface area contributed by atoms with Crippen LogP contribution in [0.15, 0.2) is 36.4 Å². The highest BCUT2D eigenvalue weighted by atomic mass is 16.5. The first-order valence-electron chi connectivity index (χ1n) is 8.93. The van der Waals surface area contributed by atoms with E-state index in [0.29, 0.717) is 41.5 Å². The van der Waals surface area contributed by atoms with Gasteiger partial charge in [-0.1, -0.05) is 26.0 Å². The molecule has 0 fully saturated rings. The summed E-state index contributed by atoms with van der Waals surface area (Å²) in [6.07, 6.45) is 0. The molecule has 1 aromatic carbocycles. The number of rotatable bonds is 6. The van der Waals surface area contributed by atoms with Crippen molar-refractivity contribution in [3.8, 4) is 17.1 Å². The normalized spacial score (nSPS) is 11.0. The van der Waals surface area contributed by atoms with Gasteiger partial charge in [0.05, 0.1) is 17.8 Å². The minimum Gasteiger partial charge on any atom is -0.476 e. The van der Waals surface area contributed by atoms with Gasteiger partial charge in [0.1, 0.15) is 0 Å². The quantitative estimate of drug-likeness (QED) is 0.696. The molecule has 7 nitrogen and oxygen atoms in total. The van der Waals surface area contributed by atoms with Gasteiger partial charge in [-0.3, -0.25) is 4.79 Å². The molecule has 0 atom stereocenters. The fraction of sp³-hybridized carbons (Fsp3) is 0.300. The fourth-order valence-electron chi connectivity index (χ4n) is 2.59. The van der Waals surface area contributed by atoms with Crippen LogP contribution in [0.5, 0.6) is 5.88 Å². The van der Waals surface area contributed by atoms with Crippen molar-refractivity contribution in [2.75, 3.05) is 18.9 Å². The molecule has 3 aromatic rings. The smallest absolute Gasteiger partial charge is 0.251 e. The Morgan fingerprint density at radius 1 is 1.11 bits per heavy atom. The number of amides is 1. The van der Waals surface area contributed by atoms with E-state index in [1.165, 1.54) is 0 Å². The lowest BCUT2D eigenvalue weighted by Gasteiger charge is -2.09. The average Bonchev–Trinajstić information content (AvgIpc) is 2.66. The number of nitrogens with two attached hydrogens (primary N) is 1. The number of aromatic nitrogens is 3. The Labute approximate surface area is 158 Å². The first-order chi connectivity index (χ1) is 13.0. The predicted molar refractivity (Wildman–Crippen MR) is 106 cm³/mol. The summed E-state index contributed by atoms with van der Waals surface area (Å²) in [6, 6.07) is 11.0. The molecule has 3 N–H and O–H groups in total. The van der Waals surface area contributed by atoms with Gasteiger partial charge < -0.3 is 15.8 Å². The summed E-state index contributed by atoms with van der Waals surface area (Å²) in [5.41, 5.74) is 9.15. The van der Waals surface area contributed by atoms with E-state index >= 15 is 0 Å². The molecule has 0 aliphatic heterocycles. The maximum absolute atomic E-state index is 12.1. The molecule has 0 saturated heterocycles. The average molecular weight is 365 g/mol. The number of hydrogen-bond acceptors (Lipinski definition) is 6. The number of nitrogens with zero attached hydrogens (tertiary/aromatic N) is 3. The lowest BCUT2D eigenvalue weighted by atomic mass is 10.1. The van der Waals surface area contributed by atoms with Crippen molar-refractivity contribution in [3.63, 3.8) is 0 Å². The Morgan fingerprint density at radius 3 is 2.52 bits per heavy atom. The molecule has 0 spiro atoms. The number of carbonyl (C=O) groups excluding carboxylic acids is 1. The van der Waals surface area contributed by atoms with Crippen LogP contribution in [0.2, 0.25) is 0 Å². The molecular weight excluding hydrogens is 342 g/mol. The molecular formula is C20H23N5O2. The van der Waals surface area contributed by atoms with Gasteiger partial charge in [0, 0.05) is 17.7 Å². The van der Waals surface area contributed by atoms with Gasteiger partial charge >= 0.3 is 0 Å². The maximum Gasteiger partial charge on any atom is 0.251 e. The number of nitrogen functional groups attached to an aromatic ring is 1. The van der Waals surface area contributed by atoms with Crippen molar-refractivity contribution in [3.05, 3.63) is 42.0 Å². The van der Waals surface area contributed by atoms with Crippen LogP contribution in [-0.4, -0.2) is 34.0 Å². The highest BCUT2D eigenvalue weighted by Gasteiger charge is 2.12. The van der Waals surface area contributed by atoms with Crippen LogP contribution >= 0.6 is 0 Å². The Morgan fingerprint density at radius 2 is 1.85 bits per heavy atom. The molecule has 2 heterocycles. The molecule has 0 saturated carbocycles. The van der Waals surface area contributed by atoms with Gasteiger partial charge in [0.15, 0.2) is 5.52 Å². The van der Waals surface area contributed by atoms with E-state index in [-0.39, 0.29) is 11.9 Å². The van der Waals surface area contributed by atoms with Gasteiger partial charge in [-0.2, -0.15) is 4.98 Å². The monoisotopic (exact) mass is 365 g/mol. The van der Waals surface area contributed by atoms with Crippen LogP contribution in [0.4, 0.5) is 5.95 Å². The second-order valence-corrected chi connectivity index (χ2v) is 6.57. The largest absolute Gasteiger partial charge is 0.476 e. The van der Waals surface area contributed by atoms with Gasteiger partial charge in [-0.25, -0.2) is 9.97 Å². The second-order valence-electron chi connectivity index (χ2n) is 6.57. The van der Waals surface area contributed by atoms with E-state index in [0.717, 1.165) is 11.3 Å². The number of benzene rings is 1. The van der Waals surface area contributed by atoms with E-state index in [1.54, 1.807) is 12.1 Å². The van der Waals surface area contributed by atoms with Crippen molar-refractivity contribution < 1.29 is 9.53 Å². The van der Waals surface area contributed by atoms with Crippen LogP contribution in [0, 0.1) is 5.92 Å². The summed E-state index contributed by atoms with van der Waals surface area (Å²) in [6.45, 7) is 7.09. The first-order valence-corrected chi connectivity index (χ1v) is 8.93. The van der Waals surface area contributed by atoms with Crippen LogP contribution in [0.25, 0.3) is 22.3 Å². The van der Waals surface area contributed by atoms with Gasteiger partial charge in [0.2, 0.25) is 11.8 Å². The summed E-state index contributed by atoms with van der Waals surface area (Å²) >= 11 is 0. The third-order valence-electron chi connectivity index (χ3n) is 3.92. The minimum atomic E-state index is -0.0794. The topological polar surface area (TPSA) is 103 Å². The molecule has 0 aliphatic carbocycles. The Bertz CT molecular complexity index is 954. The highest BCUT2D eigenvalue weighted by molar-refractivity contribution is 5.94. The summed E-state index contributed by atoms with van der Waals surface area (Å²) < 4.78 is 5.54. The number of anilines is 1. The standard InChI is InChI=1S/C20H23N5O2/c1-4-27-19-17-16(24-20(21)25-19)10-9-15(23-17)13-5-7-14(8-6-13)18(26)22-11-12(2)3/h5-10,12H,4,11H2,1-3H3,(H,22,26)(H2,21,24,25). The zero-order chi connectivity index (χ0) is 19.4. The van der Waals surface area contributed by atoms with E-state index in [4.69, 9.17) is 10.5 Å². The zero-order valence-electron chi connectivity index (χ0n) is 15.7. The summed E-state index contributed by atoms with van der Waals surface area (Å²) in [5, 5.41) is 2.91. The summed E-state index contributed by atoms with van der Waals surface area (Å²) in [7, 11) is 0. The van der Waals surface area contributed by atoms with Crippen LogP contribution in [0.1, 0.15) is 31.1 Å². The van der Waals surface area contributed by atoms with E-state index in [1.807, 2.05) is 31.2 Å². The van der Waals surface area contributed by atoms with E-state index in [2.05, 4.69) is 34.1 Å². The molecule has 27 heavy (non-hydrogen) atoms. The summed E-state index contributed by atoms with van der Waals surface area (Å²) in [4.78, 5) is 25.1. The van der Waals surface area contributed by atoms with Crippen LogP contribution in [-0.2, 0) is 0 Å². The van der Waals surface area contributed by atoms with Crippen molar-refractivity contribution in [1.82, 2.24) is 20.3 Å². The number of carbonyl (C=O) groups is 1. The van der Waals surface area contributed by atoms with Gasteiger partial charge in [-0.05, 0) is 37.1 Å². The molecule has 140 valence electrons. The summed E-state index contributed by atoms with van der Waals surface area (Å²) in [5.74, 6) is 0.846. The number of pyridine rings is 1. The SMILES string of the molecule is CCOc1nc(N)nc2ccc(-c3ccc(C(=O)NCC(C)C)cc3)nc12. The third-order valence-corrected chi connectivity index (χ3v) is 3.92. The molecule has 0 bridgehead atoms. The minimum absolute atomic E-state index is 0.0794. The Kier molecular flexibility index (Phi) is 5.49. The number of nitrogens with one attached hydrogen (secondary N) is 1. The second kappa shape index (κ2) is 7.99. The number of fused-ring (bicyclic) bond motifs is 1. The van der Waals surface area contributed by atoms with Crippen LogP contribution in [0.3, 0.4) is 0 Å². The molecule has 0 unspecified atom stereocenters. The van der Waals surface area contributed by atoms with Gasteiger partial charge in [0.25, 0.3) is 5.91 Å². The Hall–Kier alpha value is -3.22. The lowest BCUT2D eigenvalue weighted by molar-refractivity contribution is 0.0949. The predicted octanol–water partition coefficient (Wildman–Crippen LogP) is 3.06. The van der Waals surface area contributed by atoms with Crippen molar-refractivity contribution in [2.24, 2.45) is 5.92 Å². The molecule has 0 radical (unpaired) electrons.